The van der Waals surface area contributed by atoms with Crippen LogP contribution in [0.25, 0.3) is 0 Å². The maximum absolute atomic E-state index is 11.5. The van der Waals surface area contributed by atoms with Crippen LogP contribution in [0.1, 0.15) is 25.3 Å². The second kappa shape index (κ2) is 8.64. The predicted molar refractivity (Wildman–Crippen MR) is 71.3 cm³/mol. The Morgan fingerprint density at radius 1 is 1.39 bits per heavy atom. The Bertz CT molecular complexity index is 341. The van der Waals surface area contributed by atoms with Crippen molar-refractivity contribution < 1.29 is 9.53 Å². The fourth-order valence-corrected chi connectivity index (χ4v) is 1.54. The number of carbonyl (C=O) groups is 1. The fraction of sp³-hybridized carbons (Fsp3) is 0.571. The molecule has 0 aromatic carbocycles. The topological polar surface area (TPSA) is 42.4 Å². The second-order valence-electron chi connectivity index (χ2n) is 4.42. The Labute approximate surface area is 109 Å². The van der Waals surface area contributed by atoms with Gasteiger partial charge in [0.15, 0.2) is 0 Å². The quantitative estimate of drug-likeness (QED) is 0.522. The van der Waals surface area contributed by atoms with E-state index in [0.29, 0.717) is 13.2 Å². The van der Waals surface area contributed by atoms with Crippen molar-refractivity contribution in [2.75, 3.05) is 26.7 Å². The van der Waals surface area contributed by atoms with Crippen LogP contribution in [-0.4, -0.2) is 42.6 Å². The fourth-order valence-electron chi connectivity index (χ4n) is 1.54. The Morgan fingerprint density at radius 2 is 2.11 bits per heavy atom. The third-order valence-corrected chi connectivity index (χ3v) is 2.69. The first-order valence-electron chi connectivity index (χ1n) is 6.45. The first-order chi connectivity index (χ1) is 8.72. The van der Waals surface area contributed by atoms with E-state index >= 15 is 0 Å². The number of esters is 1. The number of likely N-dealkylation sites (N-methyl/N-ethyl adjacent to an activating group) is 1. The monoisotopic (exact) mass is 250 g/mol. The molecule has 18 heavy (non-hydrogen) atoms. The van der Waals surface area contributed by atoms with Gasteiger partial charge >= 0.3 is 5.97 Å². The van der Waals surface area contributed by atoms with Crippen LogP contribution in [0.3, 0.4) is 0 Å². The van der Waals surface area contributed by atoms with Gasteiger partial charge in [0.1, 0.15) is 0 Å². The van der Waals surface area contributed by atoms with Crippen LogP contribution in [0, 0.1) is 0 Å². The summed E-state index contributed by atoms with van der Waals surface area (Å²) < 4.78 is 5.11. The van der Waals surface area contributed by atoms with Gasteiger partial charge in [-0.25, -0.2) is 0 Å². The summed E-state index contributed by atoms with van der Waals surface area (Å²) in [6, 6.07) is 3.99. The van der Waals surface area contributed by atoms with Crippen LogP contribution in [-0.2, 0) is 16.0 Å². The van der Waals surface area contributed by atoms with Crippen LogP contribution >= 0.6 is 0 Å². The summed E-state index contributed by atoms with van der Waals surface area (Å²) in [5, 5.41) is 0. The minimum Gasteiger partial charge on any atom is -0.465 e. The number of unbranched alkanes of at least 4 members (excludes halogenated alkanes) is 1. The van der Waals surface area contributed by atoms with Gasteiger partial charge in [-0.05, 0) is 37.6 Å². The molecular formula is C14H22N2O2. The van der Waals surface area contributed by atoms with Gasteiger partial charge in [-0.1, -0.05) is 13.3 Å². The maximum atomic E-state index is 11.5. The largest absolute Gasteiger partial charge is 0.465 e. The zero-order valence-corrected chi connectivity index (χ0v) is 11.3. The first-order valence-corrected chi connectivity index (χ1v) is 6.45. The second-order valence-corrected chi connectivity index (χ2v) is 4.42. The van der Waals surface area contributed by atoms with E-state index in [1.165, 1.54) is 5.56 Å². The molecule has 0 aliphatic heterocycles. The molecule has 1 aromatic heterocycles. The molecule has 0 N–H and O–H groups in total. The Morgan fingerprint density at radius 3 is 2.78 bits per heavy atom. The lowest BCUT2D eigenvalue weighted by Gasteiger charge is -2.15. The number of hydrogen-bond acceptors (Lipinski definition) is 4. The number of nitrogens with zero attached hydrogens (tertiary/aromatic N) is 2. The molecule has 0 saturated heterocycles. The summed E-state index contributed by atoms with van der Waals surface area (Å²) in [7, 11) is 1.93. The Balaban J connectivity index is 2.17. The van der Waals surface area contributed by atoms with Crippen LogP contribution in [0.4, 0.5) is 0 Å². The summed E-state index contributed by atoms with van der Waals surface area (Å²) in [6.07, 6.45) is 6.47. The number of carbonyl (C=O) groups excluding carboxylic acids is 1. The van der Waals surface area contributed by atoms with Crippen molar-refractivity contribution in [2.45, 2.75) is 26.2 Å². The number of hydrogen-bond donors (Lipinski definition) is 0. The summed E-state index contributed by atoms with van der Waals surface area (Å²) >= 11 is 0. The predicted octanol–water partition coefficient (Wildman–Crippen LogP) is 1.90. The van der Waals surface area contributed by atoms with Crippen LogP contribution in [0.2, 0.25) is 0 Å². The van der Waals surface area contributed by atoms with E-state index in [4.69, 9.17) is 4.74 Å². The van der Waals surface area contributed by atoms with E-state index in [1.54, 1.807) is 12.4 Å². The van der Waals surface area contributed by atoms with Gasteiger partial charge in [0.05, 0.1) is 13.2 Å². The molecule has 4 heteroatoms. The average Bonchev–Trinajstić information content (AvgIpc) is 2.38. The third kappa shape index (κ3) is 6.35. The summed E-state index contributed by atoms with van der Waals surface area (Å²) in [6.45, 7) is 3.81. The SMILES string of the molecule is CCCCOC(=O)CN(C)CCc1ccncc1. The standard InChI is InChI=1S/C14H22N2O2/c1-3-4-11-18-14(17)12-16(2)10-7-13-5-8-15-9-6-13/h5-6,8-9H,3-4,7,10-12H2,1-2H3. The normalized spacial score (nSPS) is 10.6. The van der Waals surface area contributed by atoms with Crippen molar-refractivity contribution in [3.8, 4) is 0 Å². The highest BCUT2D eigenvalue weighted by atomic mass is 16.5. The molecule has 0 bridgehead atoms. The summed E-state index contributed by atoms with van der Waals surface area (Å²) in [5.41, 5.74) is 1.23. The minimum atomic E-state index is -0.138. The van der Waals surface area contributed by atoms with Crippen molar-refractivity contribution in [1.29, 1.82) is 0 Å². The zero-order chi connectivity index (χ0) is 13.2. The van der Waals surface area contributed by atoms with E-state index in [-0.39, 0.29) is 5.97 Å². The highest BCUT2D eigenvalue weighted by Gasteiger charge is 2.07. The molecule has 0 radical (unpaired) electrons. The van der Waals surface area contributed by atoms with Gasteiger partial charge in [0, 0.05) is 18.9 Å². The Kier molecular flexibility index (Phi) is 7.03. The molecule has 0 atom stereocenters. The van der Waals surface area contributed by atoms with Gasteiger partial charge in [0.2, 0.25) is 0 Å². The van der Waals surface area contributed by atoms with Gasteiger partial charge in [-0.15, -0.1) is 0 Å². The zero-order valence-electron chi connectivity index (χ0n) is 11.3. The number of aromatic nitrogens is 1. The van der Waals surface area contributed by atoms with Crippen molar-refractivity contribution in [2.24, 2.45) is 0 Å². The molecule has 4 nitrogen and oxygen atoms in total. The summed E-state index contributed by atoms with van der Waals surface area (Å²) in [4.78, 5) is 17.4. The van der Waals surface area contributed by atoms with E-state index in [9.17, 15) is 4.79 Å². The lowest BCUT2D eigenvalue weighted by atomic mass is 10.2. The molecule has 0 saturated carbocycles. The molecule has 0 aliphatic carbocycles. The van der Waals surface area contributed by atoms with Crippen LogP contribution in [0.5, 0.6) is 0 Å². The van der Waals surface area contributed by atoms with Gasteiger partial charge in [-0.3, -0.25) is 14.7 Å². The molecule has 1 rings (SSSR count). The summed E-state index contributed by atoms with van der Waals surface area (Å²) in [5.74, 6) is -0.138. The molecule has 0 unspecified atom stereocenters. The minimum absolute atomic E-state index is 0.138. The lowest BCUT2D eigenvalue weighted by Crippen LogP contribution is -2.29. The smallest absolute Gasteiger partial charge is 0.320 e. The van der Waals surface area contributed by atoms with Crippen LogP contribution in [0.15, 0.2) is 24.5 Å². The van der Waals surface area contributed by atoms with E-state index < -0.39 is 0 Å². The van der Waals surface area contributed by atoms with Crippen LogP contribution < -0.4 is 0 Å². The molecule has 100 valence electrons. The third-order valence-electron chi connectivity index (χ3n) is 2.69. The molecule has 0 aliphatic rings. The van der Waals surface area contributed by atoms with Crippen molar-refractivity contribution >= 4 is 5.97 Å². The van der Waals surface area contributed by atoms with Gasteiger partial charge < -0.3 is 4.74 Å². The molecule has 0 amide bonds. The highest BCUT2D eigenvalue weighted by Crippen LogP contribution is 1.99. The highest BCUT2D eigenvalue weighted by molar-refractivity contribution is 5.71. The van der Waals surface area contributed by atoms with Crippen molar-refractivity contribution in [3.05, 3.63) is 30.1 Å². The van der Waals surface area contributed by atoms with Crippen molar-refractivity contribution in [3.63, 3.8) is 0 Å². The molecule has 0 spiro atoms. The molecular weight excluding hydrogens is 228 g/mol. The number of rotatable bonds is 8. The average molecular weight is 250 g/mol. The first kappa shape index (κ1) is 14.6. The number of pyridine rings is 1. The molecule has 0 fully saturated rings. The van der Waals surface area contributed by atoms with Crippen molar-refractivity contribution in [1.82, 2.24) is 9.88 Å². The Hall–Kier alpha value is -1.42. The van der Waals surface area contributed by atoms with Gasteiger partial charge in [-0.2, -0.15) is 0 Å². The molecule has 1 heterocycles. The van der Waals surface area contributed by atoms with Gasteiger partial charge in [0.25, 0.3) is 0 Å². The maximum Gasteiger partial charge on any atom is 0.320 e. The molecule has 1 aromatic rings. The lowest BCUT2D eigenvalue weighted by molar-refractivity contribution is -0.144. The van der Waals surface area contributed by atoms with E-state index in [2.05, 4.69) is 11.9 Å². The van der Waals surface area contributed by atoms with E-state index in [0.717, 1.165) is 25.8 Å². The van der Waals surface area contributed by atoms with E-state index in [1.807, 2.05) is 24.1 Å². The number of ether oxygens (including phenoxy) is 1.